The van der Waals surface area contributed by atoms with Crippen LogP contribution in [0, 0.1) is 5.82 Å². The van der Waals surface area contributed by atoms with Gasteiger partial charge in [0.25, 0.3) is 0 Å². The van der Waals surface area contributed by atoms with Gasteiger partial charge in [-0.1, -0.05) is 6.08 Å². The summed E-state index contributed by atoms with van der Waals surface area (Å²) in [6, 6.07) is 3.32. The monoisotopic (exact) mass is 274 g/mol. The Morgan fingerprint density at radius 3 is 2.72 bits per heavy atom. The largest absolute Gasteiger partial charge is 0.399 e. The van der Waals surface area contributed by atoms with E-state index in [1.54, 1.807) is 0 Å². The first-order valence-corrected chi connectivity index (χ1v) is 6.64. The lowest BCUT2D eigenvalue weighted by Gasteiger charge is -2.20. The van der Waals surface area contributed by atoms with E-state index in [-0.39, 0.29) is 25.4 Å². The van der Waals surface area contributed by atoms with Crippen LogP contribution in [0.25, 0.3) is 0 Å². The zero-order valence-electron chi connectivity index (χ0n) is 9.71. The summed E-state index contributed by atoms with van der Waals surface area (Å²) in [6.45, 7) is 2.91. The molecule has 0 aromatic heterocycles. The van der Waals surface area contributed by atoms with Crippen LogP contribution < -0.4 is 5.73 Å². The summed E-state index contributed by atoms with van der Waals surface area (Å²) in [4.78, 5) is -0.502. The van der Waals surface area contributed by atoms with Crippen LogP contribution in [0.1, 0.15) is 0 Å². The molecule has 0 aliphatic heterocycles. The molecule has 1 rings (SSSR count). The summed E-state index contributed by atoms with van der Waals surface area (Å²) < 4.78 is 38.8. The number of nitrogens with two attached hydrogens (primary N) is 1. The Hall–Kier alpha value is -1.44. The molecular formula is C11H15FN2O3S. The van der Waals surface area contributed by atoms with Crippen LogP contribution in [0.2, 0.25) is 0 Å². The van der Waals surface area contributed by atoms with Gasteiger partial charge in [-0.25, -0.2) is 12.8 Å². The van der Waals surface area contributed by atoms with Crippen molar-refractivity contribution in [2.24, 2.45) is 0 Å². The van der Waals surface area contributed by atoms with Crippen molar-refractivity contribution in [1.82, 2.24) is 4.31 Å². The highest BCUT2D eigenvalue weighted by atomic mass is 32.2. The first-order valence-electron chi connectivity index (χ1n) is 5.20. The number of aliphatic hydroxyl groups is 1. The van der Waals surface area contributed by atoms with Crippen LogP contribution in [0.4, 0.5) is 10.1 Å². The molecule has 0 atom stereocenters. The quantitative estimate of drug-likeness (QED) is 0.587. The third-order valence-corrected chi connectivity index (χ3v) is 4.14. The van der Waals surface area contributed by atoms with E-state index in [1.807, 2.05) is 0 Å². The Bertz CT molecular complexity index is 531. The van der Waals surface area contributed by atoms with E-state index in [1.165, 1.54) is 12.1 Å². The van der Waals surface area contributed by atoms with E-state index in [9.17, 15) is 12.8 Å². The maximum Gasteiger partial charge on any atom is 0.246 e. The Morgan fingerprint density at radius 2 is 2.17 bits per heavy atom. The van der Waals surface area contributed by atoms with Gasteiger partial charge in [0.05, 0.1) is 6.61 Å². The van der Waals surface area contributed by atoms with Crippen LogP contribution in [-0.4, -0.2) is 37.5 Å². The van der Waals surface area contributed by atoms with Crippen molar-refractivity contribution in [3.05, 3.63) is 36.7 Å². The van der Waals surface area contributed by atoms with Crippen molar-refractivity contribution in [2.45, 2.75) is 4.90 Å². The summed E-state index contributed by atoms with van der Waals surface area (Å²) >= 11 is 0. The SMILES string of the molecule is C=CCN(CCO)S(=O)(=O)c1cc(N)ccc1F. The third kappa shape index (κ3) is 3.06. The van der Waals surface area contributed by atoms with E-state index in [0.29, 0.717) is 0 Å². The van der Waals surface area contributed by atoms with Crippen LogP contribution in [0.3, 0.4) is 0 Å². The predicted molar refractivity (Wildman–Crippen MR) is 66.9 cm³/mol. The fourth-order valence-electron chi connectivity index (χ4n) is 1.42. The lowest BCUT2D eigenvalue weighted by molar-refractivity contribution is 0.260. The summed E-state index contributed by atoms with van der Waals surface area (Å²) in [5.41, 5.74) is 5.60. The maximum atomic E-state index is 13.6. The van der Waals surface area contributed by atoms with Crippen molar-refractivity contribution >= 4 is 15.7 Å². The number of hydrogen-bond donors (Lipinski definition) is 2. The van der Waals surface area contributed by atoms with Gasteiger partial charge in [-0.15, -0.1) is 6.58 Å². The summed E-state index contributed by atoms with van der Waals surface area (Å²) in [5.74, 6) is -0.879. The third-order valence-electron chi connectivity index (χ3n) is 2.26. The molecule has 0 bridgehead atoms. The molecule has 0 saturated carbocycles. The number of anilines is 1. The van der Waals surface area contributed by atoms with Crippen molar-refractivity contribution in [2.75, 3.05) is 25.4 Å². The van der Waals surface area contributed by atoms with E-state index in [0.717, 1.165) is 16.4 Å². The van der Waals surface area contributed by atoms with E-state index in [2.05, 4.69) is 6.58 Å². The molecule has 100 valence electrons. The Balaban J connectivity index is 3.25. The molecule has 0 heterocycles. The first-order chi connectivity index (χ1) is 8.43. The highest BCUT2D eigenvalue weighted by molar-refractivity contribution is 7.89. The Kier molecular flexibility index (Phi) is 4.83. The number of nitrogen functional groups attached to an aromatic ring is 1. The summed E-state index contributed by atoms with van der Waals surface area (Å²) in [6.07, 6.45) is 1.36. The minimum absolute atomic E-state index is 0.0167. The van der Waals surface area contributed by atoms with E-state index < -0.39 is 20.7 Å². The van der Waals surface area contributed by atoms with Crippen LogP contribution in [0.5, 0.6) is 0 Å². The lowest BCUT2D eigenvalue weighted by atomic mass is 10.3. The molecule has 0 spiro atoms. The van der Waals surface area contributed by atoms with Gasteiger partial charge in [0.1, 0.15) is 10.7 Å². The van der Waals surface area contributed by atoms with Gasteiger partial charge >= 0.3 is 0 Å². The molecule has 0 saturated heterocycles. The molecule has 7 heteroatoms. The van der Waals surface area contributed by atoms with Gasteiger partial charge in [0.2, 0.25) is 10.0 Å². The standard InChI is InChI=1S/C11H15FN2O3S/c1-2-5-14(6-7-15)18(16,17)11-8-9(13)3-4-10(11)12/h2-4,8,15H,1,5-7,13H2. The lowest BCUT2D eigenvalue weighted by Crippen LogP contribution is -2.34. The number of nitrogens with zero attached hydrogens (tertiary/aromatic N) is 1. The molecule has 18 heavy (non-hydrogen) atoms. The average molecular weight is 274 g/mol. The van der Waals surface area contributed by atoms with Crippen molar-refractivity contribution in [3.8, 4) is 0 Å². The Labute approximate surface area is 105 Å². The molecule has 5 nitrogen and oxygen atoms in total. The molecule has 1 aromatic carbocycles. The molecule has 1 aromatic rings. The predicted octanol–water partition coefficient (Wildman–Crippen LogP) is 0.577. The highest BCUT2D eigenvalue weighted by Crippen LogP contribution is 2.21. The first kappa shape index (κ1) is 14.6. The second kappa shape index (κ2) is 5.94. The molecule has 3 N–H and O–H groups in total. The van der Waals surface area contributed by atoms with Gasteiger partial charge in [-0.3, -0.25) is 0 Å². The normalized spacial score (nSPS) is 11.7. The van der Waals surface area contributed by atoms with Crippen molar-refractivity contribution < 1.29 is 17.9 Å². The number of rotatable bonds is 6. The molecule has 0 amide bonds. The van der Waals surface area contributed by atoms with Gasteiger partial charge in [0.15, 0.2) is 0 Å². The van der Waals surface area contributed by atoms with E-state index in [4.69, 9.17) is 10.8 Å². The number of halogens is 1. The summed E-state index contributed by atoms with van der Waals surface area (Å²) in [7, 11) is -4.03. The highest BCUT2D eigenvalue weighted by Gasteiger charge is 2.26. The number of benzene rings is 1. The van der Waals surface area contributed by atoms with Gasteiger partial charge in [-0.2, -0.15) is 4.31 Å². The smallest absolute Gasteiger partial charge is 0.246 e. The second-order valence-electron chi connectivity index (χ2n) is 3.57. The van der Waals surface area contributed by atoms with Gasteiger partial charge in [0, 0.05) is 18.8 Å². The fraction of sp³-hybridized carbons (Fsp3) is 0.273. The van der Waals surface area contributed by atoms with Crippen LogP contribution in [-0.2, 0) is 10.0 Å². The second-order valence-corrected chi connectivity index (χ2v) is 5.47. The number of sulfonamides is 1. The molecule has 0 aliphatic rings. The fourth-order valence-corrected chi connectivity index (χ4v) is 2.92. The van der Waals surface area contributed by atoms with E-state index >= 15 is 0 Å². The van der Waals surface area contributed by atoms with Crippen LogP contribution >= 0.6 is 0 Å². The zero-order chi connectivity index (χ0) is 13.8. The minimum Gasteiger partial charge on any atom is -0.399 e. The van der Waals surface area contributed by atoms with Crippen molar-refractivity contribution in [1.29, 1.82) is 0 Å². The van der Waals surface area contributed by atoms with Crippen molar-refractivity contribution in [3.63, 3.8) is 0 Å². The molecular weight excluding hydrogens is 259 g/mol. The maximum absolute atomic E-state index is 13.6. The molecule has 0 fully saturated rings. The molecule has 0 aliphatic carbocycles. The minimum atomic E-state index is -4.03. The number of aliphatic hydroxyl groups excluding tert-OH is 1. The average Bonchev–Trinajstić information content (AvgIpc) is 2.32. The van der Waals surface area contributed by atoms with Crippen LogP contribution in [0.15, 0.2) is 35.7 Å². The van der Waals surface area contributed by atoms with Gasteiger partial charge in [-0.05, 0) is 18.2 Å². The zero-order valence-corrected chi connectivity index (χ0v) is 10.5. The molecule has 0 unspecified atom stereocenters. The van der Waals surface area contributed by atoms with Gasteiger partial charge < -0.3 is 10.8 Å². The molecule has 0 radical (unpaired) electrons. The topological polar surface area (TPSA) is 83.6 Å². The Morgan fingerprint density at radius 1 is 1.50 bits per heavy atom. The summed E-state index contributed by atoms with van der Waals surface area (Å²) in [5, 5.41) is 8.84. The number of hydrogen-bond acceptors (Lipinski definition) is 4.